The Balaban J connectivity index is 2.11. The number of unbranched alkanes of at least 4 members (excludes halogenated alkanes) is 5. The molecule has 0 spiro atoms. The van der Waals surface area contributed by atoms with E-state index in [-0.39, 0.29) is 0 Å². The second-order valence-electron chi connectivity index (χ2n) is 4.86. The van der Waals surface area contributed by atoms with Crippen molar-refractivity contribution in [3.63, 3.8) is 0 Å². The Hall–Kier alpha value is -1.29. The maximum atomic E-state index is 5.80. The third kappa shape index (κ3) is 8.00. The van der Waals surface area contributed by atoms with Crippen LogP contribution < -0.4 is 11.1 Å². The number of guanidine groups is 1. The number of aliphatic imine (C=N–C) groups is 1. The highest BCUT2D eigenvalue weighted by Gasteiger charge is 1.95. The van der Waals surface area contributed by atoms with Crippen molar-refractivity contribution in [1.82, 2.24) is 10.3 Å². The topological polar surface area (TPSA) is 63.3 Å². The molecule has 0 unspecified atom stereocenters. The molecule has 0 aliphatic heterocycles. The van der Waals surface area contributed by atoms with Crippen LogP contribution in [0.4, 0.5) is 0 Å². The molecule has 0 atom stereocenters. The Morgan fingerprint density at radius 3 is 2.70 bits per heavy atom. The lowest BCUT2D eigenvalue weighted by Gasteiger charge is -2.05. The molecular formula is C15H25ClN4. The number of pyridine rings is 1. The third-order valence-corrected chi connectivity index (χ3v) is 3.26. The van der Waals surface area contributed by atoms with Crippen LogP contribution >= 0.6 is 11.6 Å². The molecule has 1 heterocycles. The SMILES string of the molecule is CCCCCCCCNC(N)=NCc1ccc(Cl)cn1. The molecule has 0 aliphatic rings. The fourth-order valence-corrected chi connectivity index (χ4v) is 1.96. The van der Waals surface area contributed by atoms with Gasteiger partial charge in [0.05, 0.1) is 17.3 Å². The maximum Gasteiger partial charge on any atom is 0.188 e. The van der Waals surface area contributed by atoms with Crippen LogP contribution in [0.1, 0.15) is 51.1 Å². The number of hydrogen-bond donors (Lipinski definition) is 2. The second kappa shape index (κ2) is 10.5. The Labute approximate surface area is 126 Å². The highest BCUT2D eigenvalue weighted by molar-refractivity contribution is 6.30. The van der Waals surface area contributed by atoms with E-state index >= 15 is 0 Å². The monoisotopic (exact) mass is 296 g/mol. The van der Waals surface area contributed by atoms with E-state index in [2.05, 4.69) is 22.2 Å². The molecule has 0 fully saturated rings. The molecule has 1 rings (SSSR count). The molecule has 0 saturated carbocycles. The first-order chi connectivity index (χ1) is 9.72. The summed E-state index contributed by atoms with van der Waals surface area (Å²) in [6, 6.07) is 3.66. The minimum absolute atomic E-state index is 0.479. The van der Waals surface area contributed by atoms with Crippen LogP contribution in [-0.2, 0) is 6.54 Å². The molecule has 3 N–H and O–H groups in total. The number of nitrogens with zero attached hydrogens (tertiary/aromatic N) is 2. The Kier molecular flexibility index (Phi) is 8.79. The molecule has 0 radical (unpaired) electrons. The lowest BCUT2D eigenvalue weighted by Crippen LogP contribution is -2.32. The first kappa shape index (κ1) is 16.8. The molecule has 0 aliphatic carbocycles. The van der Waals surface area contributed by atoms with Gasteiger partial charge < -0.3 is 11.1 Å². The molecule has 1 aromatic heterocycles. The van der Waals surface area contributed by atoms with Gasteiger partial charge in [0.15, 0.2) is 5.96 Å². The summed E-state index contributed by atoms with van der Waals surface area (Å²) in [6.07, 6.45) is 9.27. The quantitative estimate of drug-likeness (QED) is 0.416. The molecule has 0 saturated heterocycles. The summed E-state index contributed by atoms with van der Waals surface area (Å²) in [5.41, 5.74) is 6.66. The molecule has 5 heteroatoms. The van der Waals surface area contributed by atoms with Crippen LogP contribution in [0.2, 0.25) is 5.02 Å². The molecule has 0 amide bonds. The van der Waals surface area contributed by atoms with Gasteiger partial charge in [-0.25, -0.2) is 4.99 Å². The zero-order chi connectivity index (χ0) is 14.6. The van der Waals surface area contributed by atoms with Crippen molar-refractivity contribution in [3.8, 4) is 0 Å². The Morgan fingerprint density at radius 1 is 1.25 bits per heavy atom. The summed E-state index contributed by atoms with van der Waals surface area (Å²) in [4.78, 5) is 8.42. The van der Waals surface area contributed by atoms with Gasteiger partial charge in [0.2, 0.25) is 0 Å². The summed E-state index contributed by atoms with van der Waals surface area (Å²) in [6.45, 7) is 3.59. The van der Waals surface area contributed by atoms with Crippen LogP contribution in [0.15, 0.2) is 23.3 Å². The predicted octanol–water partition coefficient (Wildman–Crippen LogP) is 3.50. The van der Waals surface area contributed by atoms with Gasteiger partial charge in [-0.3, -0.25) is 4.98 Å². The Bertz CT molecular complexity index is 389. The van der Waals surface area contributed by atoms with Crippen molar-refractivity contribution in [1.29, 1.82) is 0 Å². The van der Waals surface area contributed by atoms with Crippen molar-refractivity contribution in [3.05, 3.63) is 29.0 Å². The molecule has 4 nitrogen and oxygen atoms in total. The molecule has 0 aromatic carbocycles. The van der Waals surface area contributed by atoms with Crippen LogP contribution in [0, 0.1) is 0 Å². The second-order valence-corrected chi connectivity index (χ2v) is 5.30. The van der Waals surface area contributed by atoms with Crippen molar-refractivity contribution in [2.45, 2.75) is 52.0 Å². The largest absolute Gasteiger partial charge is 0.370 e. The molecule has 1 aromatic rings. The van der Waals surface area contributed by atoms with E-state index in [0.717, 1.165) is 18.7 Å². The highest BCUT2D eigenvalue weighted by Crippen LogP contribution is 2.06. The number of rotatable bonds is 9. The predicted molar refractivity (Wildman–Crippen MR) is 86.0 cm³/mol. The summed E-state index contributed by atoms with van der Waals surface area (Å²) in [5.74, 6) is 0.482. The van der Waals surface area contributed by atoms with Gasteiger partial charge in [0.25, 0.3) is 0 Å². The van der Waals surface area contributed by atoms with E-state index in [0.29, 0.717) is 17.5 Å². The standard InChI is InChI=1S/C15H25ClN4/c1-2-3-4-5-6-7-10-18-15(17)20-12-14-9-8-13(16)11-19-14/h8-9,11H,2-7,10,12H2,1H3,(H3,17,18,20). The van der Waals surface area contributed by atoms with E-state index < -0.39 is 0 Å². The van der Waals surface area contributed by atoms with Crippen LogP contribution in [0.5, 0.6) is 0 Å². The summed E-state index contributed by atoms with van der Waals surface area (Å²) in [5, 5.41) is 3.76. The maximum absolute atomic E-state index is 5.80. The lowest BCUT2D eigenvalue weighted by molar-refractivity contribution is 0.601. The molecular weight excluding hydrogens is 272 g/mol. The number of aromatic nitrogens is 1. The zero-order valence-corrected chi connectivity index (χ0v) is 13.0. The van der Waals surface area contributed by atoms with Crippen molar-refractivity contribution >= 4 is 17.6 Å². The van der Waals surface area contributed by atoms with E-state index in [4.69, 9.17) is 17.3 Å². The number of nitrogens with two attached hydrogens (primary N) is 1. The van der Waals surface area contributed by atoms with Crippen LogP contribution in [-0.4, -0.2) is 17.5 Å². The van der Waals surface area contributed by atoms with Gasteiger partial charge in [-0.05, 0) is 18.6 Å². The average molecular weight is 297 g/mol. The van der Waals surface area contributed by atoms with Gasteiger partial charge in [-0.2, -0.15) is 0 Å². The first-order valence-electron chi connectivity index (χ1n) is 7.36. The van der Waals surface area contributed by atoms with E-state index in [9.17, 15) is 0 Å². The van der Waals surface area contributed by atoms with Gasteiger partial charge in [0, 0.05) is 12.7 Å². The van der Waals surface area contributed by atoms with Gasteiger partial charge in [-0.15, -0.1) is 0 Å². The number of hydrogen-bond acceptors (Lipinski definition) is 2. The summed E-state index contributed by atoms with van der Waals surface area (Å²) >= 11 is 5.77. The van der Waals surface area contributed by atoms with E-state index in [1.807, 2.05) is 6.07 Å². The van der Waals surface area contributed by atoms with Crippen molar-refractivity contribution < 1.29 is 0 Å². The number of halogens is 1. The lowest BCUT2D eigenvalue weighted by atomic mass is 10.1. The van der Waals surface area contributed by atoms with Gasteiger partial charge in [0.1, 0.15) is 0 Å². The minimum Gasteiger partial charge on any atom is -0.370 e. The Morgan fingerprint density at radius 2 is 2.00 bits per heavy atom. The van der Waals surface area contributed by atoms with Crippen LogP contribution in [0.25, 0.3) is 0 Å². The fraction of sp³-hybridized carbons (Fsp3) is 0.600. The number of nitrogens with one attached hydrogen (secondary N) is 1. The van der Waals surface area contributed by atoms with Crippen molar-refractivity contribution in [2.24, 2.45) is 10.7 Å². The van der Waals surface area contributed by atoms with Gasteiger partial charge in [-0.1, -0.05) is 50.6 Å². The summed E-state index contributed by atoms with van der Waals surface area (Å²) in [7, 11) is 0. The molecule has 0 bridgehead atoms. The fourth-order valence-electron chi connectivity index (χ4n) is 1.84. The van der Waals surface area contributed by atoms with E-state index in [1.165, 1.54) is 32.1 Å². The van der Waals surface area contributed by atoms with Gasteiger partial charge >= 0.3 is 0 Å². The summed E-state index contributed by atoms with van der Waals surface area (Å²) < 4.78 is 0. The minimum atomic E-state index is 0.479. The van der Waals surface area contributed by atoms with Crippen molar-refractivity contribution in [2.75, 3.05) is 6.54 Å². The zero-order valence-electron chi connectivity index (χ0n) is 12.2. The first-order valence-corrected chi connectivity index (χ1v) is 7.74. The van der Waals surface area contributed by atoms with E-state index in [1.54, 1.807) is 12.3 Å². The smallest absolute Gasteiger partial charge is 0.188 e. The average Bonchev–Trinajstić information content (AvgIpc) is 2.46. The molecule has 20 heavy (non-hydrogen) atoms. The van der Waals surface area contributed by atoms with Crippen LogP contribution in [0.3, 0.4) is 0 Å². The normalized spacial score (nSPS) is 11.6. The highest BCUT2D eigenvalue weighted by atomic mass is 35.5. The molecule has 112 valence electrons. The third-order valence-electron chi connectivity index (χ3n) is 3.04.